The lowest BCUT2D eigenvalue weighted by Crippen LogP contribution is -2.48. The van der Waals surface area contributed by atoms with Gasteiger partial charge in [0.15, 0.2) is 0 Å². The number of amides is 2. The van der Waals surface area contributed by atoms with Crippen LogP contribution in [0.5, 0.6) is 0 Å². The second kappa shape index (κ2) is 9.14. The zero-order chi connectivity index (χ0) is 22.9. The molecule has 0 radical (unpaired) electrons. The van der Waals surface area contributed by atoms with Crippen LogP contribution in [-0.2, 0) is 19.1 Å². The van der Waals surface area contributed by atoms with E-state index in [1.807, 2.05) is 0 Å². The van der Waals surface area contributed by atoms with E-state index in [1.54, 1.807) is 34.6 Å². The molecule has 0 aromatic rings. The lowest BCUT2D eigenvalue weighted by Gasteiger charge is -2.32. The number of rotatable bonds is 8. The molecule has 2 amide bonds. The van der Waals surface area contributed by atoms with Crippen LogP contribution < -0.4 is 0 Å². The minimum absolute atomic E-state index is 0.00599. The maximum Gasteiger partial charge on any atom is 0.416 e. The number of ether oxygens (including phenoxy) is 2. The molecule has 0 bridgehead atoms. The third-order valence-corrected chi connectivity index (χ3v) is 5.45. The molecule has 0 aromatic carbocycles. The van der Waals surface area contributed by atoms with Crippen molar-refractivity contribution in [2.24, 2.45) is 23.7 Å². The standard InChI is InChI=1S/C21H32F3NO5/c1-12(2)16-11-29-19(28)25(16)17(26)14(8-9-21(22,23)24)15(10-13-6-7-13)18(27)30-20(3,4)5/h12-16H,6-11H2,1-5H3/t14-,15+,16-/m1/s1. The summed E-state index contributed by atoms with van der Waals surface area (Å²) in [6.45, 7) is 8.59. The SMILES string of the molecule is CC(C)[C@H]1COC(=O)N1C(=O)[C@H](CCC(F)(F)F)[C@H](CC1CC1)C(=O)OC(C)(C)C. The Morgan fingerprint density at radius 3 is 2.23 bits per heavy atom. The number of imide groups is 1. The average Bonchev–Trinajstić information content (AvgIpc) is 3.30. The average molecular weight is 435 g/mol. The molecular formula is C21H32F3NO5. The normalized spacial score (nSPS) is 22.1. The highest BCUT2D eigenvalue weighted by Crippen LogP contribution is 2.41. The second-order valence-electron chi connectivity index (χ2n) is 9.68. The molecule has 1 saturated carbocycles. The Kier molecular flexibility index (Phi) is 7.45. The highest BCUT2D eigenvalue weighted by Gasteiger charge is 2.48. The molecule has 3 atom stereocenters. The molecule has 0 spiro atoms. The third kappa shape index (κ3) is 6.87. The summed E-state index contributed by atoms with van der Waals surface area (Å²) in [5.74, 6) is -3.76. The van der Waals surface area contributed by atoms with Crippen LogP contribution in [0.15, 0.2) is 0 Å². The van der Waals surface area contributed by atoms with Gasteiger partial charge < -0.3 is 9.47 Å². The first-order chi connectivity index (χ1) is 13.7. The number of esters is 1. The molecule has 1 saturated heterocycles. The Bertz CT molecular complexity index is 652. The van der Waals surface area contributed by atoms with Gasteiger partial charge in [-0.15, -0.1) is 0 Å². The van der Waals surface area contributed by atoms with E-state index < -0.39 is 60.5 Å². The van der Waals surface area contributed by atoms with Gasteiger partial charge in [-0.25, -0.2) is 9.69 Å². The van der Waals surface area contributed by atoms with Crippen LogP contribution in [0.4, 0.5) is 18.0 Å². The quantitative estimate of drug-likeness (QED) is 0.517. The summed E-state index contributed by atoms with van der Waals surface area (Å²) >= 11 is 0. The molecule has 2 aliphatic rings. The van der Waals surface area contributed by atoms with Crippen molar-refractivity contribution in [1.29, 1.82) is 0 Å². The third-order valence-electron chi connectivity index (χ3n) is 5.45. The number of alkyl halides is 3. The molecule has 30 heavy (non-hydrogen) atoms. The number of hydrogen-bond acceptors (Lipinski definition) is 5. The van der Waals surface area contributed by atoms with Crippen molar-refractivity contribution < 1.29 is 37.0 Å². The van der Waals surface area contributed by atoms with Crippen LogP contribution in [0.3, 0.4) is 0 Å². The van der Waals surface area contributed by atoms with Gasteiger partial charge in [-0.2, -0.15) is 13.2 Å². The number of carbonyl (C=O) groups excluding carboxylic acids is 3. The largest absolute Gasteiger partial charge is 0.460 e. The van der Waals surface area contributed by atoms with Crippen molar-refractivity contribution in [3.05, 3.63) is 0 Å². The van der Waals surface area contributed by atoms with E-state index in [1.165, 1.54) is 0 Å². The monoisotopic (exact) mass is 435 g/mol. The molecule has 172 valence electrons. The van der Waals surface area contributed by atoms with Gasteiger partial charge in [0.25, 0.3) is 0 Å². The summed E-state index contributed by atoms with van der Waals surface area (Å²) in [7, 11) is 0. The summed E-state index contributed by atoms with van der Waals surface area (Å²) in [5, 5.41) is 0. The summed E-state index contributed by atoms with van der Waals surface area (Å²) in [6.07, 6.45) is -5.15. The highest BCUT2D eigenvalue weighted by atomic mass is 19.4. The van der Waals surface area contributed by atoms with Crippen LogP contribution in [-0.4, -0.2) is 47.3 Å². The molecular weight excluding hydrogens is 403 g/mol. The van der Waals surface area contributed by atoms with Gasteiger partial charge in [0.05, 0.1) is 17.9 Å². The Morgan fingerprint density at radius 2 is 1.77 bits per heavy atom. The molecule has 0 N–H and O–H groups in total. The van der Waals surface area contributed by atoms with Crippen molar-refractivity contribution in [3.63, 3.8) is 0 Å². The van der Waals surface area contributed by atoms with Crippen LogP contribution in [0, 0.1) is 23.7 Å². The van der Waals surface area contributed by atoms with E-state index in [2.05, 4.69) is 0 Å². The minimum Gasteiger partial charge on any atom is -0.460 e. The van der Waals surface area contributed by atoms with Gasteiger partial charge in [-0.3, -0.25) is 9.59 Å². The maximum atomic E-state index is 13.4. The topological polar surface area (TPSA) is 72.9 Å². The molecule has 1 aliphatic heterocycles. The fourth-order valence-corrected chi connectivity index (χ4v) is 3.69. The van der Waals surface area contributed by atoms with Crippen LogP contribution in [0.1, 0.15) is 66.7 Å². The van der Waals surface area contributed by atoms with Crippen LogP contribution in [0.2, 0.25) is 0 Å². The molecule has 1 heterocycles. The number of carbonyl (C=O) groups is 3. The number of cyclic esters (lactones) is 1. The maximum absolute atomic E-state index is 13.4. The highest BCUT2D eigenvalue weighted by molar-refractivity contribution is 5.96. The van der Waals surface area contributed by atoms with Gasteiger partial charge >= 0.3 is 18.2 Å². The summed E-state index contributed by atoms with van der Waals surface area (Å²) in [5.41, 5.74) is -0.844. The van der Waals surface area contributed by atoms with E-state index in [-0.39, 0.29) is 24.9 Å². The molecule has 0 unspecified atom stereocenters. The van der Waals surface area contributed by atoms with E-state index in [4.69, 9.17) is 9.47 Å². The fraction of sp³-hybridized carbons (Fsp3) is 0.857. The smallest absolute Gasteiger partial charge is 0.416 e. The first-order valence-corrected chi connectivity index (χ1v) is 10.5. The van der Waals surface area contributed by atoms with Crippen LogP contribution in [0.25, 0.3) is 0 Å². The van der Waals surface area contributed by atoms with E-state index in [0.717, 1.165) is 17.7 Å². The lowest BCUT2D eigenvalue weighted by atomic mass is 9.82. The van der Waals surface area contributed by atoms with E-state index in [9.17, 15) is 27.6 Å². The number of halogens is 3. The molecule has 0 aromatic heterocycles. The fourth-order valence-electron chi connectivity index (χ4n) is 3.69. The molecule has 1 aliphatic carbocycles. The van der Waals surface area contributed by atoms with E-state index in [0.29, 0.717) is 0 Å². The van der Waals surface area contributed by atoms with Gasteiger partial charge in [-0.05, 0) is 45.4 Å². The van der Waals surface area contributed by atoms with Crippen molar-refractivity contribution in [2.45, 2.75) is 84.5 Å². The van der Waals surface area contributed by atoms with Crippen LogP contribution >= 0.6 is 0 Å². The van der Waals surface area contributed by atoms with Crippen molar-refractivity contribution >= 4 is 18.0 Å². The molecule has 6 nitrogen and oxygen atoms in total. The predicted molar refractivity (Wildman–Crippen MR) is 102 cm³/mol. The Hall–Kier alpha value is -1.80. The van der Waals surface area contributed by atoms with Crippen molar-refractivity contribution in [2.75, 3.05) is 6.61 Å². The molecule has 2 fully saturated rings. The van der Waals surface area contributed by atoms with Gasteiger partial charge in [-0.1, -0.05) is 26.7 Å². The Morgan fingerprint density at radius 1 is 1.17 bits per heavy atom. The van der Waals surface area contributed by atoms with Crippen molar-refractivity contribution in [3.8, 4) is 0 Å². The predicted octanol–water partition coefficient (Wildman–Crippen LogP) is 4.71. The van der Waals surface area contributed by atoms with Gasteiger partial charge in [0.2, 0.25) is 5.91 Å². The van der Waals surface area contributed by atoms with Crippen molar-refractivity contribution in [1.82, 2.24) is 4.90 Å². The number of nitrogens with zero attached hydrogens (tertiary/aromatic N) is 1. The first-order valence-electron chi connectivity index (χ1n) is 10.5. The molecule has 9 heteroatoms. The summed E-state index contributed by atoms with van der Waals surface area (Å²) in [6, 6.07) is -0.571. The number of hydrogen-bond donors (Lipinski definition) is 0. The summed E-state index contributed by atoms with van der Waals surface area (Å²) in [4.78, 5) is 39.4. The Balaban J connectivity index is 2.35. The lowest BCUT2D eigenvalue weighted by molar-refractivity contribution is -0.168. The zero-order valence-electron chi connectivity index (χ0n) is 18.3. The summed E-state index contributed by atoms with van der Waals surface area (Å²) < 4.78 is 49.5. The second-order valence-corrected chi connectivity index (χ2v) is 9.68. The Labute approximate surface area is 175 Å². The van der Waals surface area contributed by atoms with Gasteiger partial charge in [0, 0.05) is 6.42 Å². The molecule has 2 rings (SSSR count). The van der Waals surface area contributed by atoms with Gasteiger partial charge in [0.1, 0.15) is 12.2 Å². The van der Waals surface area contributed by atoms with E-state index >= 15 is 0 Å². The zero-order valence-corrected chi connectivity index (χ0v) is 18.3. The minimum atomic E-state index is -4.49. The first kappa shape index (κ1) is 24.5.